The van der Waals surface area contributed by atoms with Crippen LogP contribution in [-0.2, 0) is 6.42 Å². The maximum atomic E-state index is 13.7. The van der Waals surface area contributed by atoms with E-state index in [1.807, 2.05) is 25.2 Å². The number of para-hydroxylation sites is 1. The van der Waals surface area contributed by atoms with Gasteiger partial charge in [0, 0.05) is 18.0 Å². The van der Waals surface area contributed by atoms with Gasteiger partial charge in [-0.25, -0.2) is 4.39 Å². The van der Waals surface area contributed by atoms with Gasteiger partial charge in [0.05, 0.1) is 6.61 Å². The second-order valence-electron chi connectivity index (χ2n) is 5.13. The third kappa shape index (κ3) is 2.18. The molecule has 0 saturated carbocycles. The monoisotopic (exact) mass is 271 g/mol. The van der Waals surface area contributed by atoms with Crippen LogP contribution in [0.15, 0.2) is 36.4 Å². The molecule has 0 aliphatic carbocycles. The van der Waals surface area contributed by atoms with Gasteiger partial charge in [-0.05, 0) is 42.8 Å². The number of ether oxygens (including phenoxy) is 1. The first-order valence-electron chi connectivity index (χ1n) is 6.92. The summed E-state index contributed by atoms with van der Waals surface area (Å²) in [5.41, 5.74) is 4.18. The van der Waals surface area contributed by atoms with E-state index in [9.17, 15) is 4.39 Å². The van der Waals surface area contributed by atoms with Gasteiger partial charge in [0.2, 0.25) is 0 Å². The van der Waals surface area contributed by atoms with Gasteiger partial charge in [-0.15, -0.1) is 0 Å². The molecule has 0 radical (unpaired) electrons. The van der Waals surface area contributed by atoms with E-state index in [2.05, 4.69) is 18.3 Å². The van der Waals surface area contributed by atoms with Crippen LogP contribution in [-0.4, -0.2) is 13.7 Å². The summed E-state index contributed by atoms with van der Waals surface area (Å²) in [6.07, 6.45) is 0.926. The summed E-state index contributed by atoms with van der Waals surface area (Å²) in [4.78, 5) is 0. The number of nitrogens with one attached hydrogen (secondary N) is 1. The van der Waals surface area contributed by atoms with Crippen LogP contribution in [0.2, 0.25) is 0 Å². The zero-order valence-electron chi connectivity index (χ0n) is 11.7. The van der Waals surface area contributed by atoms with E-state index in [4.69, 9.17) is 4.74 Å². The van der Waals surface area contributed by atoms with Gasteiger partial charge in [0.25, 0.3) is 0 Å². The largest absolute Gasteiger partial charge is 0.492 e. The highest BCUT2D eigenvalue weighted by Gasteiger charge is 2.20. The third-order valence-electron chi connectivity index (χ3n) is 3.92. The van der Waals surface area contributed by atoms with Gasteiger partial charge < -0.3 is 10.1 Å². The molecule has 0 fully saturated rings. The number of hydrogen-bond acceptors (Lipinski definition) is 2. The molecule has 2 aromatic carbocycles. The smallest absolute Gasteiger partial charge is 0.130 e. The first-order valence-corrected chi connectivity index (χ1v) is 6.92. The van der Waals surface area contributed by atoms with Crippen LogP contribution < -0.4 is 10.1 Å². The summed E-state index contributed by atoms with van der Waals surface area (Å²) < 4.78 is 19.4. The Hall–Kier alpha value is -1.87. The Morgan fingerprint density at radius 1 is 1.20 bits per heavy atom. The Bertz CT molecular complexity index is 639. The van der Waals surface area contributed by atoms with Crippen LogP contribution in [0.25, 0.3) is 11.1 Å². The molecule has 3 rings (SSSR count). The Balaban J connectivity index is 2.19. The molecule has 1 N–H and O–H groups in total. The van der Waals surface area contributed by atoms with E-state index in [0.717, 1.165) is 28.9 Å². The van der Waals surface area contributed by atoms with Crippen molar-refractivity contribution < 1.29 is 9.13 Å². The minimum absolute atomic E-state index is 0.155. The Labute approximate surface area is 118 Å². The van der Waals surface area contributed by atoms with Crippen LogP contribution in [0.1, 0.15) is 24.1 Å². The zero-order chi connectivity index (χ0) is 14.1. The van der Waals surface area contributed by atoms with Crippen LogP contribution >= 0.6 is 0 Å². The topological polar surface area (TPSA) is 21.3 Å². The molecule has 0 spiro atoms. The predicted octanol–water partition coefficient (Wildman–Crippen LogP) is 3.71. The molecule has 0 saturated heterocycles. The zero-order valence-corrected chi connectivity index (χ0v) is 11.7. The molecule has 1 aliphatic rings. The third-order valence-corrected chi connectivity index (χ3v) is 3.92. The van der Waals surface area contributed by atoms with Crippen molar-refractivity contribution in [3.8, 4) is 16.9 Å². The normalized spacial score (nSPS) is 14.8. The average Bonchev–Trinajstić information content (AvgIpc) is 2.94. The summed E-state index contributed by atoms with van der Waals surface area (Å²) in [5.74, 6) is 0.685. The first-order chi connectivity index (χ1) is 9.70. The fraction of sp³-hybridized carbons (Fsp3) is 0.294. The van der Waals surface area contributed by atoms with E-state index in [0.29, 0.717) is 6.61 Å². The molecule has 1 unspecified atom stereocenters. The lowest BCUT2D eigenvalue weighted by Gasteiger charge is -2.18. The van der Waals surface area contributed by atoms with Crippen LogP contribution in [0.4, 0.5) is 4.39 Å². The first kappa shape index (κ1) is 13.1. The Morgan fingerprint density at radius 3 is 2.85 bits per heavy atom. The van der Waals surface area contributed by atoms with Crippen LogP contribution in [0.5, 0.6) is 5.75 Å². The van der Waals surface area contributed by atoms with Crippen molar-refractivity contribution in [2.24, 2.45) is 0 Å². The van der Waals surface area contributed by atoms with E-state index < -0.39 is 0 Å². The SMILES string of the molecule is CNC(C)c1ccc(F)cc1-c1cccc2c1OCC2. The molecule has 2 aromatic rings. The summed E-state index contributed by atoms with van der Waals surface area (Å²) in [5, 5.41) is 3.22. The molecule has 1 atom stereocenters. The minimum atomic E-state index is -0.220. The highest BCUT2D eigenvalue weighted by molar-refractivity contribution is 5.76. The van der Waals surface area contributed by atoms with Crippen molar-refractivity contribution in [2.45, 2.75) is 19.4 Å². The lowest BCUT2D eigenvalue weighted by molar-refractivity contribution is 0.358. The fourth-order valence-corrected chi connectivity index (χ4v) is 2.72. The Morgan fingerprint density at radius 2 is 2.05 bits per heavy atom. The molecule has 3 heteroatoms. The standard InChI is InChI=1S/C17H18FNO/c1-11(19-2)14-7-6-13(18)10-16(14)15-5-3-4-12-8-9-20-17(12)15/h3-7,10-11,19H,8-9H2,1-2H3. The second kappa shape index (κ2) is 5.25. The number of fused-ring (bicyclic) bond motifs is 1. The van der Waals surface area contributed by atoms with Crippen molar-refractivity contribution in [1.82, 2.24) is 5.32 Å². The van der Waals surface area contributed by atoms with Crippen molar-refractivity contribution in [1.29, 1.82) is 0 Å². The van der Waals surface area contributed by atoms with E-state index in [1.54, 1.807) is 6.07 Å². The number of halogens is 1. The van der Waals surface area contributed by atoms with Gasteiger partial charge in [0.1, 0.15) is 11.6 Å². The number of hydrogen-bond donors (Lipinski definition) is 1. The van der Waals surface area contributed by atoms with Gasteiger partial charge in [-0.3, -0.25) is 0 Å². The van der Waals surface area contributed by atoms with Crippen LogP contribution in [0.3, 0.4) is 0 Å². The maximum Gasteiger partial charge on any atom is 0.130 e. The molecule has 0 amide bonds. The summed E-state index contributed by atoms with van der Waals surface area (Å²) >= 11 is 0. The van der Waals surface area contributed by atoms with Crippen molar-refractivity contribution >= 4 is 0 Å². The molecule has 2 nitrogen and oxygen atoms in total. The molecule has 0 aromatic heterocycles. The molecule has 1 heterocycles. The summed E-state index contributed by atoms with van der Waals surface area (Å²) in [6, 6.07) is 11.2. The fourth-order valence-electron chi connectivity index (χ4n) is 2.72. The summed E-state index contributed by atoms with van der Waals surface area (Å²) in [6.45, 7) is 2.78. The average molecular weight is 271 g/mol. The minimum Gasteiger partial charge on any atom is -0.492 e. The quantitative estimate of drug-likeness (QED) is 0.919. The highest BCUT2D eigenvalue weighted by Crippen LogP contribution is 2.39. The van der Waals surface area contributed by atoms with Gasteiger partial charge >= 0.3 is 0 Å². The second-order valence-corrected chi connectivity index (χ2v) is 5.13. The molecular formula is C17H18FNO. The van der Waals surface area contributed by atoms with Gasteiger partial charge in [0.15, 0.2) is 0 Å². The lowest BCUT2D eigenvalue weighted by Crippen LogP contribution is -2.13. The summed E-state index contributed by atoms with van der Waals surface area (Å²) in [7, 11) is 1.91. The van der Waals surface area contributed by atoms with E-state index in [1.165, 1.54) is 11.6 Å². The lowest BCUT2D eigenvalue weighted by atomic mass is 9.93. The van der Waals surface area contributed by atoms with Crippen molar-refractivity contribution in [2.75, 3.05) is 13.7 Å². The number of rotatable bonds is 3. The number of benzene rings is 2. The van der Waals surface area contributed by atoms with Crippen LogP contribution in [0, 0.1) is 5.82 Å². The van der Waals surface area contributed by atoms with E-state index in [-0.39, 0.29) is 11.9 Å². The van der Waals surface area contributed by atoms with Gasteiger partial charge in [-0.2, -0.15) is 0 Å². The van der Waals surface area contributed by atoms with Gasteiger partial charge in [-0.1, -0.05) is 24.3 Å². The Kier molecular flexibility index (Phi) is 3.45. The molecule has 0 bridgehead atoms. The van der Waals surface area contributed by atoms with E-state index >= 15 is 0 Å². The predicted molar refractivity (Wildman–Crippen MR) is 78.5 cm³/mol. The molecular weight excluding hydrogens is 253 g/mol. The molecule has 20 heavy (non-hydrogen) atoms. The highest BCUT2D eigenvalue weighted by atomic mass is 19.1. The van der Waals surface area contributed by atoms with Crippen molar-refractivity contribution in [3.63, 3.8) is 0 Å². The van der Waals surface area contributed by atoms with Crippen molar-refractivity contribution in [3.05, 3.63) is 53.3 Å². The molecule has 104 valence electrons. The molecule has 1 aliphatic heterocycles. The maximum absolute atomic E-state index is 13.7.